The van der Waals surface area contributed by atoms with Crippen LogP contribution >= 0.6 is 0 Å². The fourth-order valence-electron chi connectivity index (χ4n) is 2.22. The van der Waals surface area contributed by atoms with E-state index in [4.69, 9.17) is 5.73 Å². The van der Waals surface area contributed by atoms with Crippen LogP contribution in [0.5, 0.6) is 0 Å². The molecule has 0 amide bonds. The summed E-state index contributed by atoms with van der Waals surface area (Å²) in [7, 11) is 0. The van der Waals surface area contributed by atoms with Crippen LogP contribution in [0.1, 0.15) is 5.56 Å². The van der Waals surface area contributed by atoms with Gasteiger partial charge in [0.15, 0.2) is 0 Å². The van der Waals surface area contributed by atoms with E-state index in [2.05, 4.69) is 48.5 Å². The number of hydrogen-bond acceptors (Lipinski definition) is 1. The van der Waals surface area contributed by atoms with Crippen molar-refractivity contribution in [3.05, 3.63) is 54.1 Å². The van der Waals surface area contributed by atoms with Gasteiger partial charge in [-0.1, -0.05) is 48.5 Å². The molecule has 0 heterocycles. The molecule has 2 N–H and O–H groups in total. The summed E-state index contributed by atoms with van der Waals surface area (Å²) in [6.45, 7) is 2.05. The fraction of sp³-hybridized carbons (Fsp3) is 0.0667. The van der Waals surface area contributed by atoms with Crippen LogP contribution < -0.4 is 5.73 Å². The van der Waals surface area contributed by atoms with Crippen molar-refractivity contribution in [2.75, 3.05) is 5.73 Å². The zero-order chi connectivity index (χ0) is 11.1. The predicted octanol–water partition coefficient (Wildman–Crippen LogP) is 3.88. The molecule has 0 bridgehead atoms. The smallest absolute Gasteiger partial charge is 0.0423 e. The van der Waals surface area contributed by atoms with Crippen LogP contribution in [0.15, 0.2) is 48.5 Å². The van der Waals surface area contributed by atoms with Crippen molar-refractivity contribution in [2.45, 2.75) is 6.92 Å². The van der Waals surface area contributed by atoms with Gasteiger partial charge in [0.2, 0.25) is 0 Å². The lowest BCUT2D eigenvalue weighted by atomic mass is 9.99. The molecular weight excluding hydrogens is 194 g/mol. The lowest BCUT2D eigenvalue weighted by molar-refractivity contribution is 1.51. The van der Waals surface area contributed by atoms with Crippen molar-refractivity contribution >= 4 is 27.2 Å². The Morgan fingerprint density at radius 2 is 1.50 bits per heavy atom. The molecule has 3 rings (SSSR count). The van der Waals surface area contributed by atoms with Crippen molar-refractivity contribution in [2.24, 2.45) is 0 Å². The van der Waals surface area contributed by atoms with E-state index in [0.29, 0.717) is 0 Å². The molecule has 0 saturated carbocycles. The fourth-order valence-corrected chi connectivity index (χ4v) is 2.22. The number of aryl methyl sites for hydroxylation is 1. The third-order valence-electron chi connectivity index (χ3n) is 3.19. The Hall–Kier alpha value is -2.02. The normalized spacial score (nSPS) is 11.1. The van der Waals surface area contributed by atoms with Gasteiger partial charge in [0.1, 0.15) is 0 Å². The Balaban J connectivity index is 2.58. The third kappa shape index (κ3) is 1.18. The summed E-state index contributed by atoms with van der Waals surface area (Å²) < 4.78 is 0. The van der Waals surface area contributed by atoms with Crippen molar-refractivity contribution in [3.8, 4) is 0 Å². The molecule has 1 nitrogen and oxygen atoms in total. The van der Waals surface area contributed by atoms with Crippen LogP contribution in [0.2, 0.25) is 0 Å². The summed E-state index contributed by atoms with van der Waals surface area (Å²) in [5.74, 6) is 0. The summed E-state index contributed by atoms with van der Waals surface area (Å²) in [5, 5.41) is 4.92. The van der Waals surface area contributed by atoms with Crippen molar-refractivity contribution in [1.29, 1.82) is 0 Å². The van der Waals surface area contributed by atoms with Gasteiger partial charge < -0.3 is 5.73 Å². The molecule has 0 atom stereocenters. The summed E-state index contributed by atoms with van der Waals surface area (Å²) in [4.78, 5) is 0. The van der Waals surface area contributed by atoms with Gasteiger partial charge in [-0.3, -0.25) is 0 Å². The van der Waals surface area contributed by atoms with Crippen LogP contribution in [0.25, 0.3) is 21.5 Å². The Morgan fingerprint density at radius 3 is 2.38 bits per heavy atom. The van der Waals surface area contributed by atoms with E-state index >= 15 is 0 Å². The van der Waals surface area contributed by atoms with E-state index in [1.807, 2.05) is 6.92 Å². The molecule has 3 aromatic rings. The topological polar surface area (TPSA) is 26.0 Å². The highest BCUT2D eigenvalue weighted by Gasteiger charge is 2.03. The molecule has 1 heteroatoms. The Bertz CT molecular complexity index is 683. The number of hydrogen-bond donors (Lipinski definition) is 1. The minimum atomic E-state index is 0.892. The van der Waals surface area contributed by atoms with Crippen LogP contribution in [0.4, 0.5) is 5.69 Å². The summed E-state index contributed by atoms with van der Waals surface area (Å²) >= 11 is 0. The average Bonchev–Trinajstić information content (AvgIpc) is 2.33. The largest absolute Gasteiger partial charge is 0.398 e. The quantitative estimate of drug-likeness (QED) is 0.439. The van der Waals surface area contributed by atoms with E-state index in [1.165, 1.54) is 16.2 Å². The van der Waals surface area contributed by atoms with Gasteiger partial charge in [0, 0.05) is 11.1 Å². The second kappa shape index (κ2) is 3.24. The van der Waals surface area contributed by atoms with Gasteiger partial charge in [-0.25, -0.2) is 0 Å². The lowest BCUT2D eigenvalue weighted by Gasteiger charge is -2.08. The second-order valence-electron chi connectivity index (χ2n) is 4.18. The number of anilines is 1. The molecule has 3 aromatic carbocycles. The van der Waals surface area contributed by atoms with Crippen LogP contribution in [0, 0.1) is 6.92 Å². The highest BCUT2D eigenvalue weighted by Crippen LogP contribution is 2.30. The van der Waals surface area contributed by atoms with Gasteiger partial charge in [-0.15, -0.1) is 0 Å². The Kier molecular flexibility index (Phi) is 1.87. The van der Waals surface area contributed by atoms with E-state index < -0.39 is 0 Å². The number of nitrogen functional groups attached to an aromatic ring is 1. The van der Waals surface area contributed by atoms with E-state index in [9.17, 15) is 0 Å². The highest BCUT2D eigenvalue weighted by molar-refractivity contribution is 6.11. The molecule has 0 aromatic heterocycles. The number of nitrogens with two attached hydrogens (primary N) is 1. The molecule has 0 unspecified atom stereocenters. The molecule has 0 fully saturated rings. The van der Waals surface area contributed by atoms with Crippen molar-refractivity contribution in [3.63, 3.8) is 0 Å². The summed E-state index contributed by atoms with van der Waals surface area (Å²) in [6, 6.07) is 16.9. The van der Waals surface area contributed by atoms with Crippen molar-refractivity contribution in [1.82, 2.24) is 0 Å². The van der Waals surface area contributed by atoms with Gasteiger partial charge in [-0.2, -0.15) is 0 Å². The average molecular weight is 207 g/mol. The van der Waals surface area contributed by atoms with Gasteiger partial charge in [0.05, 0.1) is 0 Å². The monoisotopic (exact) mass is 207 g/mol. The highest BCUT2D eigenvalue weighted by atomic mass is 14.6. The maximum atomic E-state index is 6.11. The number of fused-ring (bicyclic) bond motifs is 3. The summed E-state index contributed by atoms with van der Waals surface area (Å²) in [6.07, 6.45) is 0. The minimum absolute atomic E-state index is 0.892. The maximum Gasteiger partial charge on any atom is 0.0423 e. The zero-order valence-electron chi connectivity index (χ0n) is 9.20. The molecule has 0 saturated heterocycles. The van der Waals surface area contributed by atoms with Gasteiger partial charge >= 0.3 is 0 Å². The van der Waals surface area contributed by atoms with E-state index in [1.54, 1.807) is 0 Å². The molecule has 0 aliphatic rings. The van der Waals surface area contributed by atoms with E-state index in [-0.39, 0.29) is 0 Å². The zero-order valence-corrected chi connectivity index (χ0v) is 9.20. The SMILES string of the molecule is Cc1ccc2c(ccc3ccccc32)c1N. The first-order chi connectivity index (χ1) is 7.77. The number of benzene rings is 3. The third-order valence-corrected chi connectivity index (χ3v) is 3.19. The van der Waals surface area contributed by atoms with Gasteiger partial charge in [0.25, 0.3) is 0 Å². The van der Waals surface area contributed by atoms with Crippen LogP contribution in [-0.2, 0) is 0 Å². The Morgan fingerprint density at radius 1 is 0.750 bits per heavy atom. The molecule has 0 radical (unpaired) electrons. The molecule has 0 aliphatic heterocycles. The minimum Gasteiger partial charge on any atom is -0.398 e. The molecule has 0 aliphatic carbocycles. The molecule has 0 spiro atoms. The van der Waals surface area contributed by atoms with Gasteiger partial charge in [-0.05, 0) is 28.6 Å². The first-order valence-corrected chi connectivity index (χ1v) is 5.44. The van der Waals surface area contributed by atoms with Crippen LogP contribution in [-0.4, -0.2) is 0 Å². The molecular formula is C15H13N. The number of rotatable bonds is 0. The first-order valence-electron chi connectivity index (χ1n) is 5.44. The molecule has 78 valence electrons. The lowest BCUT2D eigenvalue weighted by Crippen LogP contribution is -1.91. The van der Waals surface area contributed by atoms with E-state index in [0.717, 1.165) is 16.6 Å². The predicted molar refractivity (Wildman–Crippen MR) is 70.6 cm³/mol. The van der Waals surface area contributed by atoms with Crippen LogP contribution in [0.3, 0.4) is 0 Å². The van der Waals surface area contributed by atoms with Crippen molar-refractivity contribution < 1.29 is 0 Å². The maximum absolute atomic E-state index is 6.11. The summed E-state index contributed by atoms with van der Waals surface area (Å²) in [5.41, 5.74) is 8.14. The Labute approximate surface area is 94.5 Å². The molecule has 16 heavy (non-hydrogen) atoms. The standard InChI is InChI=1S/C15H13N/c1-10-6-8-13-12-5-3-2-4-11(12)7-9-14(13)15(10)16/h2-9H,16H2,1H3. The first kappa shape index (κ1) is 9.22. The second-order valence-corrected chi connectivity index (χ2v) is 4.18.